The van der Waals surface area contributed by atoms with Crippen LogP contribution in [0.3, 0.4) is 0 Å². The third-order valence-corrected chi connectivity index (χ3v) is 2.16. The van der Waals surface area contributed by atoms with Gasteiger partial charge in [0.1, 0.15) is 11.6 Å². The SMILES string of the molecule is CCCCCOc1cc(F)ccc1C. The molecule has 2 heteroatoms. The topological polar surface area (TPSA) is 9.23 Å². The lowest BCUT2D eigenvalue weighted by molar-refractivity contribution is 0.303. The minimum atomic E-state index is -0.235. The second kappa shape index (κ2) is 5.63. The minimum absolute atomic E-state index is 0.235. The Labute approximate surface area is 84.9 Å². The van der Waals surface area contributed by atoms with Crippen LogP contribution in [0.15, 0.2) is 18.2 Å². The molecule has 0 unspecified atom stereocenters. The maximum absolute atomic E-state index is 12.8. The van der Waals surface area contributed by atoms with Crippen LogP contribution < -0.4 is 4.74 Å². The highest BCUT2D eigenvalue weighted by atomic mass is 19.1. The van der Waals surface area contributed by atoms with Crippen molar-refractivity contribution in [3.05, 3.63) is 29.6 Å². The molecule has 1 aromatic carbocycles. The molecule has 0 radical (unpaired) electrons. The summed E-state index contributed by atoms with van der Waals surface area (Å²) < 4.78 is 18.3. The number of benzene rings is 1. The van der Waals surface area contributed by atoms with Gasteiger partial charge in [-0.15, -0.1) is 0 Å². The predicted octanol–water partition coefficient (Wildman–Crippen LogP) is 3.70. The molecule has 0 saturated carbocycles. The van der Waals surface area contributed by atoms with Gasteiger partial charge in [-0.25, -0.2) is 4.39 Å². The van der Waals surface area contributed by atoms with Crippen LogP contribution in [0, 0.1) is 12.7 Å². The van der Waals surface area contributed by atoms with Gasteiger partial charge in [-0.05, 0) is 25.0 Å². The molecule has 0 aliphatic carbocycles. The normalized spacial score (nSPS) is 10.2. The van der Waals surface area contributed by atoms with Gasteiger partial charge < -0.3 is 4.74 Å². The Morgan fingerprint density at radius 2 is 2.07 bits per heavy atom. The molecule has 0 aliphatic rings. The Morgan fingerprint density at radius 3 is 2.79 bits per heavy atom. The molecule has 1 rings (SSSR count). The van der Waals surface area contributed by atoms with Gasteiger partial charge >= 0.3 is 0 Å². The Balaban J connectivity index is 2.45. The van der Waals surface area contributed by atoms with Crippen LogP contribution in [0.2, 0.25) is 0 Å². The van der Waals surface area contributed by atoms with E-state index in [9.17, 15) is 4.39 Å². The van der Waals surface area contributed by atoms with Gasteiger partial charge in [0.2, 0.25) is 0 Å². The number of rotatable bonds is 5. The third-order valence-electron chi connectivity index (χ3n) is 2.16. The quantitative estimate of drug-likeness (QED) is 0.652. The van der Waals surface area contributed by atoms with Gasteiger partial charge in [0.25, 0.3) is 0 Å². The summed E-state index contributed by atoms with van der Waals surface area (Å²) in [4.78, 5) is 0. The van der Waals surface area contributed by atoms with Gasteiger partial charge in [0, 0.05) is 6.07 Å². The highest BCUT2D eigenvalue weighted by molar-refractivity contribution is 5.32. The molecule has 0 spiro atoms. The lowest BCUT2D eigenvalue weighted by atomic mass is 10.2. The van der Waals surface area contributed by atoms with Crippen molar-refractivity contribution in [3.8, 4) is 5.75 Å². The van der Waals surface area contributed by atoms with Crippen LogP contribution in [-0.2, 0) is 0 Å². The first-order chi connectivity index (χ1) is 6.74. The number of aryl methyl sites for hydroxylation is 1. The molecular weight excluding hydrogens is 179 g/mol. The molecule has 1 aromatic rings. The van der Waals surface area contributed by atoms with Crippen molar-refractivity contribution in [3.63, 3.8) is 0 Å². The average molecular weight is 196 g/mol. The molecule has 0 amide bonds. The summed E-state index contributed by atoms with van der Waals surface area (Å²) in [5.74, 6) is 0.433. The van der Waals surface area contributed by atoms with E-state index >= 15 is 0 Å². The molecule has 0 aliphatic heterocycles. The summed E-state index contributed by atoms with van der Waals surface area (Å²) in [6, 6.07) is 4.64. The molecule has 0 atom stereocenters. The Hall–Kier alpha value is -1.05. The molecule has 14 heavy (non-hydrogen) atoms. The van der Waals surface area contributed by atoms with E-state index in [2.05, 4.69) is 6.92 Å². The second-order valence-electron chi connectivity index (χ2n) is 3.47. The van der Waals surface area contributed by atoms with Gasteiger partial charge in [-0.1, -0.05) is 25.8 Å². The van der Waals surface area contributed by atoms with Crippen molar-refractivity contribution >= 4 is 0 Å². The van der Waals surface area contributed by atoms with Gasteiger partial charge in [-0.2, -0.15) is 0 Å². The van der Waals surface area contributed by atoms with Crippen molar-refractivity contribution in [2.45, 2.75) is 33.1 Å². The van der Waals surface area contributed by atoms with E-state index in [-0.39, 0.29) is 5.82 Å². The average Bonchev–Trinajstić information content (AvgIpc) is 2.18. The van der Waals surface area contributed by atoms with E-state index in [1.165, 1.54) is 18.6 Å². The summed E-state index contributed by atoms with van der Waals surface area (Å²) in [6.07, 6.45) is 3.37. The number of unbranched alkanes of at least 4 members (excludes halogenated alkanes) is 2. The van der Waals surface area contributed by atoms with Gasteiger partial charge in [0.15, 0.2) is 0 Å². The van der Waals surface area contributed by atoms with E-state index in [4.69, 9.17) is 4.74 Å². The summed E-state index contributed by atoms with van der Waals surface area (Å²) in [5.41, 5.74) is 0.989. The fraction of sp³-hybridized carbons (Fsp3) is 0.500. The van der Waals surface area contributed by atoms with E-state index in [0.29, 0.717) is 12.4 Å². The zero-order chi connectivity index (χ0) is 10.4. The molecular formula is C12H17FO. The van der Waals surface area contributed by atoms with Crippen LogP contribution >= 0.6 is 0 Å². The summed E-state index contributed by atoms with van der Waals surface area (Å²) >= 11 is 0. The van der Waals surface area contributed by atoms with Gasteiger partial charge in [-0.3, -0.25) is 0 Å². The van der Waals surface area contributed by atoms with Crippen molar-refractivity contribution in [1.29, 1.82) is 0 Å². The van der Waals surface area contributed by atoms with E-state index in [1.807, 2.05) is 6.92 Å². The second-order valence-corrected chi connectivity index (χ2v) is 3.47. The molecule has 0 heterocycles. The monoisotopic (exact) mass is 196 g/mol. The number of ether oxygens (including phenoxy) is 1. The maximum Gasteiger partial charge on any atom is 0.126 e. The van der Waals surface area contributed by atoms with Crippen LogP contribution in [0.25, 0.3) is 0 Å². The van der Waals surface area contributed by atoms with Crippen molar-refractivity contribution in [2.24, 2.45) is 0 Å². The summed E-state index contributed by atoms with van der Waals surface area (Å²) in [5, 5.41) is 0. The fourth-order valence-corrected chi connectivity index (χ4v) is 1.26. The number of hydrogen-bond acceptors (Lipinski definition) is 1. The first-order valence-electron chi connectivity index (χ1n) is 5.13. The Bertz CT molecular complexity index is 284. The van der Waals surface area contributed by atoms with Crippen LogP contribution in [-0.4, -0.2) is 6.61 Å². The molecule has 0 aromatic heterocycles. The summed E-state index contributed by atoms with van der Waals surface area (Å²) in [6.45, 7) is 4.75. The Morgan fingerprint density at radius 1 is 1.29 bits per heavy atom. The molecule has 0 N–H and O–H groups in total. The molecule has 0 saturated heterocycles. The van der Waals surface area contributed by atoms with Gasteiger partial charge in [0.05, 0.1) is 6.61 Å². The first-order valence-corrected chi connectivity index (χ1v) is 5.13. The Kier molecular flexibility index (Phi) is 4.44. The molecule has 0 fully saturated rings. The minimum Gasteiger partial charge on any atom is -0.493 e. The molecule has 0 bridgehead atoms. The molecule has 78 valence electrons. The maximum atomic E-state index is 12.8. The standard InChI is InChI=1S/C12H17FO/c1-3-4-5-8-14-12-9-11(13)7-6-10(12)2/h6-7,9H,3-5,8H2,1-2H3. The van der Waals surface area contributed by atoms with Crippen LogP contribution in [0.5, 0.6) is 5.75 Å². The zero-order valence-electron chi connectivity index (χ0n) is 8.85. The molecule has 1 nitrogen and oxygen atoms in total. The van der Waals surface area contributed by atoms with E-state index < -0.39 is 0 Å². The third kappa shape index (κ3) is 3.36. The lowest BCUT2D eigenvalue weighted by Crippen LogP contribution is -1.98. The number of halogens is 1. The first kappa shape index (κ1) is 11.0. The van der Waals surface area contributed by atoms with Crippen molar-refractivity contribution in [1.82, 2.24) is 0 Å². The predicted molar refractivity (Wildman–Crippen MR) is 56.2 cm³/mol. The van der Waals surface area contributed by atoms with Crippen LogP contribution in [0.1, 0.15) is 31.7 Å². The largest absolute Gasteiger partial charge is 0.493 e. The summed E-state index contributed by atoms with van der Waals surface area (Å²) in [7, 11) is 0. The number of hydrogen-bond donors (Lipinski definition) is 0. The fourth-order valence-electron chi connectivity index (χ4n) is 1.26. The highest BCUT2D eigenvalue weighted by Crippen LogP contribution is 2.18. The van der Waals surface area contributed by atoms with Crippen molar-refractivity contribution in [2.75, 3.05) is 6.61 Å². The van der Waals surface area contributed by atoms with E-state index in [1.54, 1.807) is 6.07 Å². The zero-order valence-corrected chi connectivity index (χ0v) is 8.85. The van der Waals surface area contributed by atoms with Crippen LogP contribution in [0.4, 0.5) is 4.39 Å². The highest BCUT2D eigenvalue weighted by Gasteiger charge is 2.00. The smallest absolute Gasteiger partial charge is 0.126 e. The lowest BCUT2D eigenvalue weighted by Gasteiger charge is -2.08. The van der Waals surface area contributed by atoms with E-state index in [0.717, 1.165) is 18.4 Å². The van der Waals surface area contributed by atoms with Crippen molar-refractivity contribution < 1.29 is 9.13 Å².